The van der Waals surface area contributed by atoms with Crippen molar-refractivity contribution in [3.8, 4) is 0 Å². The summed E-state index contributed by atoms with van der Waals surface area (Å²) in [4.78, 5) is 0. The van der Waals surface area contributed by atoms with Gasteiger partial charge in [0.25, 0.3) is 0 Å². The largest absolute Gasteiger partial charge is 0.330 e. The molecule has 1 aliphatic rings. The van der Waals surface area contributed by atoms with Crippen molar-refractivity contribution < 1.29 is 0 Å². The van der Waals surface area contributed by atoms with Gasteiger partial charge >= 0.3 is 0 Å². The van der Waals surface area contributed by atoms with Crippen LogP contribution in [-0.2, 0) is 0 Å². The maximum Gasteiger partial charge on any atom is 0.00201 e. The minimum absolute atomic E-state index is 0.385. The highest BCUT2D eigenvalue weighted by molar-refractivity contribution is 4.88. The highest BCUT2D eigenvalue weighted by atomic mass is 14.9. The smallest absolute Gasteiger partial charge is 0.00201 e. The van der Waals surface area contributed by atoms with Crippen LogP contribution in [0.1, 0.15) is 59.8 Å². The van der Waals surface area contributed by atoms with E-state index in [0.29, 0.717) is 10.8 Å². The van der Waals surface area contributed by atoms with E-state index in [1.807, 2.05) is 0 Å². The van der Waals surface area contributed by atoms with E-state index in [0.717, 1.165) is 25.6 Å². The van der Waals surface area contributed by atoms with E-state index in [1.54, 1.807) is 0 Å². The van der Waals surface area contributed by atoms with Crippen molar-refractivity contribution in [1.82, 2.24) is 5.32 Å². The molecule has 1 saturated carbocycles. The van der Waals surface area contributed by atoms with Gasteiger partial charge in [0.05, 0.1) is 0 Å². The van der Waals surface area contributed by atoms with Gasteiger partial charge in [-0.05, 0) is 42.6 Å². The first-order valence-electron chi connectivity index (χ1n) is 7.34. The van der Waals surface area contributed by atoms with Crippen molar-refractivity contribution in [3.05, 3.63) is 0 Å². The maximum absolute atomic E-state index is 6.03. The van der Waals surface area contributed by atoms with Crippen molar-refractivity contribution in [2.24, 2.45) is 22.5 Å². The average Bonchev–Trinajstić information content (AvgIpc) is 2.32. The minimum atomic E-state index is 0.385. The van der Waals surface area contributed by atoms with Gasteiger partial charge in [0.15, 0.2) is 0 Å². The van der Waals surface area contributed by atoms with Crippen LogP contribution in [-0.4, -0.2) is 19.6 Å². The van der Waals surface area contributed by atoms with Crippen molar-refractivity contribution >= 4 is 0 Å². The molecule has 2 nitrogen and oxygen atoms in total. The molecule has 0 amide bonds. The molecule has 0 radical (unpaired) electrons. The third kappa shape index (κ3) is 4.59. The number of hydrogen-bond acceptors (Lipinski definition) is 2. The Balaban J connectivity index is 2.37. The first-order chi connectivity index (χ1) is 7.93. The molecule has 2 heteroatoms. The Morgan fingerprint density at radius 3 is 2.35 bits per heavy atom. The molecule has 0 atom stereocenters. The monoisotopic (exact) mass is 240 g/mol. The second kappa shape index (κ2) is 6.19. The second-order valence-electron chi connectivity index (χ2n) is 7.01. The van der Waals surface area contributed by atoms with Crippen LogP contribution in [0.3, 0.4) is 0 Å². The van der Waals surface area contributed by atoms with E-state index in [1.165, 1.54) is 32.1 Å². The highest BCUT2D eigenvalue weighted by Crippen LogP contribution is 2.37. The van der Waals surface area contributed by atoms with Gasteiger partial charge in [-0.3, -0.25) is 0 Å². The van der Waals surface area contributed by atoms with Crippen LogP contribution >= 0.6 is 0 Å². The maximum atomic E-state index is 6.03. The average molecular weight is 240 g/mol. The van der Waals surface area contributed by atoms with Gasteiger partial charge < -0.3 is 11.1 Å². The lowest BCUT2D eigenvalue weighted by Crippen LogP contribution is -2.44. The van der Waals surface area contributed by atoms with E-state index >= 15 is 0 Å². The third-order valence-corrected chi connectivity index (χ3v) is 4.83. The fourth-order valence-corrected chi connectivity index (χ4v) is 2.62. The van der Waals surface area contributed by atoms with Gasteiger partial charge in [-0.1, -0.05) is 40.5 Å². The van der Waals surface area contributed by atoms with Crippen LogP contribution in [0.2, 0.25) is 0 Å². The molecule has 0 aromatic carbocycles. The summed E-state index contributed by atoms with van der Waals surface area (Å²) in [7, 11) is 0. The molecule has 0 saturated heterocycles. The van der Waals surface area contributed by atoms with Crippen molar-refractivity contribution in [2.45, 2.75) is 59.8 Å². The zero-order valence-electron chi connectivity index (χ0n) is 12.3. The van der Waals surface area contributed by atoms with Crippen LogP contribution in [0.4, 0.5) is 0 Å². The Bertz CT molecular complexity index is 215. The summed E-state index contributed by atoms with van der Waals surface area (Å²) in [6.07, 6.45) is 6.56. The standard InChI is InChI=1S/C15H32N2/c1-5-14(3,4)11-17-12-15(10-16)8-6-13(2)7-9-15/h13,17H,5-12,16H2,1-4H3. The lowest BCUT2D eigenvalue weighted by molar-refractivity contribution is 0.152. The lowest BCUT2D eigenvalue weighted by Gasteiger charge is -2.39. The summed E-state index contributed by atoms with van der Waals surface area (Å²) in [5.41, 5.74) is 6.83. The fourth-order valence-electron chi connectivity index (χ4n) is 2.62. The molecule has 17 heavy (non-hydrogen) atoms. The number of hydrogen-bond donors (Lipinski definition) is 2. The SMILES string of the molecule is CCC(C)(C)CNCC1(CN)CCC(C)CC1. The first kappa shape index (κ1) is 15.0. The Morgan fingerprint density at radius 2 is 1.88 bits per heavy atom. The minimum Gasteiger partial charge on any atom is -0.330 e. The second-order valence-corrected chi connectivity index (χ2v) is 7.01. The van der Waals surface area contributed by atoms with Gasteiger partial charge in [-0.15, -0.1) is 0 Å². The molecular weight excluding hydrogens is 208 g/mol. The summed E-state index contributed by atoms with van der Waals surface area (Å²) in [6.45, 7) is 12.4. The molecule has 0 unspecified atom stereocenters. The molecule has 1 rings (SSSR count). The fraction of sp³-hybridized carbons (Fsp3) is 1.00. The highest BCUT2D eigenvalue weighted by Gasteiger charge is 2.32. The van der Waals surface area contributed by atoms with Gasteiger partial charge in [0, 0.05) is 13.1 Å². The van der Waals surface area contributed by atoms with Crippen LogP contribution < -0.4 is 11.1 Å². The molecule has 3 N–H and O–H groups in total. The van der Waals surface area contributed by atoms with Crippen LogP contribution in [0, 0.1) is 16.7 Å². The number of rotatable bonds is 6. The normalized spacial score (nSPS) is 30.5. The predicted molar refractivity (Wildman–Crippen MR) is 76.1 cm³/mol. The summed E-state index contributed by atoms with van der Waals surface area (Å²) < 4.78 is 0. The van der Waals surface area contributed by atoms with Crippen molar-refractivity contribution in [1.29, 1.82) is 0 Å². The van der Waals surface area contributed by atoms with Crippen LogP contribution in [0.25, 0.3) is 0 Å². The molecule has 0 heterocycles. The van der Waals surface area contributed by atoms with E-state index in [9.17, 15) is 0 Å². The summed E-state index contributed by atoms with van der Waals surface area (Å²) in [5.74, 6) is 0.904. The molecule has 0 aromatic heterocycles. The topological polar surface area (TPSA) is 38.0 Å². The quantitative estimate of drug-likeness (QED) is 0.748. The van der Waals surface area contributed by atoms with Gasteiger partial charge in [0.1, 0.15) is 0 Å². The summed E-state index contributed by atoms with van der Waals surface area (Å²) in [5, 5.41) is 3.67. The van der Waals surface area contributed by atoms with Gasteiger partial charge in [0.2, 0.25) is 0 Å². The molecule has 0 spiro atoms. The number of nitrogens with one attached hydrogen (secondary N) is 1. The van der Waals surface area contributed by atoms with E-state index in [-0.39, 0.29) is 0 Å². The van der Waals surface area contributed by atoms with Crippen LogP contribution in [0.15, 0.2) is 0 Å². The Morgan fingerprint density at radius 1 is 1.29 bits per heavy atom. The zero-order chi connectivity index (χ0) is 12.9. The van der Waals surface area contributed by atoms with E-state index in [4.69, 9.17) is 5.73 Å². The molecule has 102 valence electrons. The molecule has 0 bridgehead atoms. The molecule has 0 aliphatic heterocycles. The zero-order valence-corrected chi connectivity index (χ0v) is 12.3. The Kier molecular flexibility index (Phi) is 5.46. The number of nitrogens with two attached hydrogens (primary N) is 1. The van der Waals surface area contributed by atoms with E-state index < -0.39 is 0 Å². The first-order valence-corrected chi connectivity index (χ1v) is 7.34. The summed E-state index contributed by atoms with van der Waals surface area (Å²) >= 11 is 0. The lowest BCUT2D eigenvalue weighted by atomic mass is 9.70. The molecular formula is C15H32N2. The van der Waals surface area contributed by atoms with Gasteiger partial charge in [-0.25, -0.2) is 0 Å². The Hall–Kier alpha value is -0.0800. The third-order valence-electron chi connectivity index (χ3n) is 4.83. The summed E-state index contributed by atoms with van der Waals surface area (Å²) in [6, 6.07) is 0. The molecule has 1 fully saturated rings. The van der Waals surface area contributed by atoms with Crippen LogP contribution in [0.5, 0.6) is 0 Å². The van der Waals surface area contributed by atoms with Gasteiger partial charge in [-0.2, -0.15) is 0 Å². The van der Waals surface area contributed by atoms with Crippen molar-refractivity contribution in [2.75, 3.05) is 19.6 Å². The predicted octanol–water partition coefficient (Wildman–Crippen LogP) is 3.17. The van der Waals surface area contributed by atoms with E-state index in [2.05, 4.69) is 33.0 Å². The van der Waals surface area contributed by atoms with Crippen molar-refractivity contribution in [3.63, 3.8) is 0 Å². The Labute approximate surface area is 108 Å². The molecule has 0 aromatic rings. The molecule has 1 aliphatic carbocycles.